The number of hydrogen-bond donors (Lipinski definition) is 1. The van der Waals surface area contributed by atoms with E-state index >= 15 is 0 Å². The summed E-state index contributed by atoms with van der Waals surface area (Å²) in [5.74, 6) is -0.107. The number of carbonyl (C=O) groups is 1. The molecule has 0 aliphatic carbocycles. The molecule has 0 saturated heterocycles. The summed E-state index contributed by atoms with van der Waals surface area (Å²) in [7, 11) is 0. The van der Waals surface area contributed by atoms with Crippen molar-refractivity contribution in [1.82, 2.24) is 0 Å². The second-order valence-corrected chi connectivity index (χ2v) is 7.76. The summed E-state index contributed by atoms with van der Waals surface area (Å²) in [4.78, 5) is 22.8. The van der Waals surface area contributed by atoms with Crippen LogP contribution in [0.3, 0.4) is 0 Å². The zero-order chi connectivity index (χ0) is 23.1. The van der Waals surface area contributed by atoms with Crippen molar-refractivity contribution in [2.45, 2.75) is 6.61 Å². The predicted molar refractivity (Wildman–Crippen MR) is 125 cm³/mol. The van der Waals surface area contributed by atoms with Crippen LogP contribution in [0, 0.1) is 21.4 Å². The van der Waals surface area contributed by atoms with Gasteiger partial charge in [0.2, 0.25) is 0 Å². The number of benzene rings is 3. The number of nitro groups is 1. The first-order valence-electron chi connectivity index (χ1n) is 9.20. The molecule has 3 aromatic carbocycles. The van der Waals surface area contributed by atoms with Gasteiger partial charge in [-0.05, 0) is 51.8 Å². The van der Waals surface area contributed by atoms with E-state index in [9.17, 15) is 20.2 Å². The summed E-state index contributed by atoms with van der Waals surface area (Å²) < 4.78 is 6.43. The molecular weight excluding hydrogens is 498 g/mol. The van der Waals surface area contributed by atoms with Crippen LogP contribution in [0.4, 0.5) is 11.4 Å². The normalized spacial score (nSPS) is 10.8. The second-order valence-electron chi connectivity index (χ2n) is 6.50. The van der Waals surface area contributed by atoms with Crippen molar-refractivity contribution in [3.05, 3.63) is 103 Å². The lowest BCUT2D eigenvalue weighted by Crippen LogP contribution is -2.13. The number of ether oxygens (including phenoxy) is 1. The molecule has 0 atom stereocenters. The quantitative estimate of drug-likeness (QED) is 0.177. The van der Waals surface area contributed by atoms with Gasteiger partial charge in [-0.2, -0.15) is 5.26 Å². The Morgan fingerprint density at radius 2 is 1.97 bits per heavy atom. The maximum atomic E-state index is 12.5. The van der Waals surface area contributed by atoms with E-state index in [1.54, 1.807) is 24.3 Å². The van der Waals surface area contributed by atoms with Crippen LogP contribution in [0.1, 0.15) is 11.1 Å². The van der Waals surface area contributed by atoms with Crippen LogP contribution < -0.4 is 10.1 Å². The SMILES string of the molecule is N#C/C(=C\c1ccc(OCc2ccccc2Cl)c(Br)c1)C(=O)Nc1cccc([N+](=O)[O-])c1. The van der Waals surface area contributed by atoms with Gasteiger partial charge >= 0.3 is 0 Å². The first-order chi connectivity index (χ1) is 15.4. The first kappa shape index (κ1) is 23.0. The third-order valence-corrected chi connectivity index (χ3v) is 5.28. The third kappa shape index (κ3) is 5.94. The fourth-order valence-corrected chi connectivity index (χ4v) is 3.41. The van der Waals surface area contributed by atoms with E-state index in [-0.39, 0.29) is 23.6 Å². The standard InChI is InChI=1S/C23H15BrClN3O4/c24-20-11-15(8-9-22(20)32-14-16-4-1-2-7-21(16)25)10-17(13-26)23(29)27-18-5-3-6-19(12-18)28(30)31/h1-12H,14H2,(H,27,29)/b17-10+. The highest BCUT2D eigenvalue weighted by Crippen LogP contribution is 2.29. The van der Waals surface area contributed by atoms with Gasteiger partial charge in [-0.1, -0.05) is 41.9 Å². The minimum Gasteiger partial charge on any atom is -0.488 e. The van der Waals surface area contributed by atoms with E-state index < -0.39 is 10.8 Å². The number of nitrogens with zero attached hydrogens (tertiary/aromatic N) is 2. The Bertz CT molecular complexity index is 1250. The Hall–Kier alpha value is -3.67. The number of anilines is 1. The Kier molecular flexibility index (Phi) is 7.60. The van der Waals surface area contributed by atoms with Crippen molar-refractivity contribution in [3.8, 4) is 11.8 Å². The lowest BCUT2D eigenvalue weighted by Gasteiger charge is -2.10. The summed E-state index contributed by atoms with van der Waals surface area (Å²) in [6, 6.07) is 19.8. The van der Waals surface area contributed by atoms with Crippen molar-refractivity contribution in [1.29, 1.82) is 5.26 Å². The number of carbonyl (C=O) groups excluding carboxylic acids is 1. The number of nitro benzene ring substituents is 1. The summed E-state index contributed by atoms with van der Waals surface area (Å²) in [5, 5.41) is 23.4. The number of amides is 1. The maximum Gasteiger partial charge on any atom is 0.271 e. The summed E-state index contributed by atoms with van der Waals surface area (Å²) in [6.45, 7) is 0.280. The molecule has 0 fully saturated rings. The van der Waals surface area contributed by atoms with Crippen molar-refractivity contribution in [2.24, 2.45) is 0 Å². The molecule has 3 aromatic rings. The summed E-state index contributed by atoms with van der Waals surface area (Å²) >= 11 is 9.57. The largest absolute Gasteiger partial charge is 0.488 e. The molecule has 32 heavy (non-hydrogen) atoms. The lowest BCUT2D eigenvalue weighted by atomic mass is 10.1. The van der Waals surface area contributed by atoms with E-state index in [4.69, 9.17) is 16.3 Å². The molecular formula is C23H15BrClN3O4. The van der Waals surface area contributed by atoms with Crippen LogP contribution in [0.25, 0.3) is 6.08 Å². The number of rotatable bonds is 7. The van der Waals surface area contributed by atoms with Gasteiger partial charge in [-0.15, -0.1) is 0 Å². The second kappa shape index (κ2) is 10.6. The molecule has 0 aliphatic heterocycles. The topological polar surface area (TPSA) is 105 Å². The van der Waals surface area contributed by atoms with E-state index in [1.165, 1.54) is 30.3 Å². The van der Waals surface area contributed by atoms with Crippen molar-refractivity contribution in [2.75, 3.05) is 5.32 Å². The summed E-state index contributed by atoms with van der Waals surface area (Å²) in [5.41, 5.74) is 1.33. The minimum atomic E-state index is -0.678. The molecule has 9 heteroatoms. The van der Waals surface area contributed by atoms with Gasteiger partial charge in [0, 0.05) is 28.4 Å². The molecule has 0 bridgehead atoms. The molecule has 0 heterocycles. The third-order valence-electron chi connectivity index (χ3n) is 4.29. The fraction of sp³-hybridized carbons (Fsp3) is 0.0435. The van der Waals surface area contributed by atoms with Crippen molar-refractivity contribution in [3.63, 3.8) is 0 Å². The van der Waals surface area contributed by atoms with Crippen molar-refractivity contribution < 1.29 is 14.5 Å². The van der Waals surface area contributed by atoms with Crippen LogP contribution in [-0.4, -0.2) is 10.8 Å². The van der Waals surface area contributed by atoms with E-state index in [1.807, 2.05) is 24.3 Å². The number of hydrogen-bond acceptors (Lipinski definition) is 5. The smallest absolute Gasteiger partial charge is 0.271 e. The Morgan fingerprint density at radius 1 is 1.19 bits per heavy atom. The molecule has 0 unspecified atom stereocenters. The summed E-state index contributed by atoms with van der Waals surface area (Å²) in [6.07, 6.45) is 1.41. The Morgan fingerprint density at radius 3 is 2.66 bits per heavy atom. The molecule has 0 aromatic heterocycles. The molecule has 7 nitrogen and oxygen atoms in total. The van der Waals surface area contributed by atoms with Crippen LogP contribution in [0.5, 0.6) is 5.75 Å². The highest BCUT2D eigenvalue weighted by atomic mass is 79.9. The Balaban J connectivity index is 1.73. The molecule has 0 aliphatic rings. The lowest BCUT2D eigenvalue weighted by molar-refractivity contribution is -0.384. The van der Waals surface area contributed by atoms with E-state index in [2.05, 4.69) is 21.2 Å². The molecule has 0 radical (unpaired) electrons. The van der Waals surface area contributed by atoms with Gasteiger partial charge < -0.3 is 10.1 Å². The highest BCUT2D eigenvalue weighted by molar-refractivity contribution is 9.10. The van der Waals surface area contributed by atoms with Gasteiger partial charge in [0.1, 0.15) is 24.0 Å². The average molecular weight is 513 g/mol. The van der Waals surface area contributed by atoms with Crippen LogP contribution in [0.2, 0.25) is 5.02 Å². The molecule has 1 amide bonds. The zero-order valence-electron chi connectivity index (χ0n) is 16.4. The van der Waals surface area contributed by atoms with Crippen molar-refractivity contribution >= 4 is 50.9 Å². The predicted octanol–water partition coefficient (Wildman–Crippen LogP) is 6.14. The Labute approximate surface area is 197 Å². The van der Waals surface area contributed by atoms with Gasteiger partial charge in [0.15, 0.2) is 0 Å². The number of nitrogens with one attached hydrogen (secondary N) is 1. The van der Waals surface area contributed by atoms with Gasteiger partial charge in [0.05, 0.1) is 9.40 Å². The molecule has 0 spiro atoms. The van der Waals surface area contributed by atoms with Crippen LogP contribution in [0.15, 0.2) is 76.8 Å². The molecule has 1 N–H and O–H groups in total. The number of halogens is 2. The zero-order valence-corrected chi connectivity index (χ0v) is 18.8. The van der Waals surface area contributed by atoms with Crippen LogP contribution >= 0.6 is 27.5 Å². The number of nitriles is 1. The van der Waals surface area contributed by atoms with Crippen LogP contribution in [-0.2, 0) is 11.4 Å². The van der Waals surface area contributed by atoms with E-state index in [0.717, 1.165) is 5.56 Å². The highest BCUT2D eigenvalue weighted by Gasteiger charge is 2.13. The number of non-ortho nitro benzene ring substituents is 1. The first-order valence-corrected chi connectivity index (χ1v) is 10.4. The molecule has 160 valence electrons. The average Bonchev–Trinajstić information content (AvgIpc) is 2.78. The monoisotopic (exact) mass is 511 g/mol. The van der Waals surface area contributed by atoms with E-state index in [0.29, 0.717) is 20.8 Å². The van der Waals surface area contributed by atoms with Gasteiger partial charge in [-0.3, -0.25) is 14.9 Å². The van der Waals surface area contributed by atoms with Gasteiger partial charge in [-0.25, -0.2) is 0 Å². The minimum absolute atomic E-state index is 0.159. The van der Waals surface area contributed by atoms with Gasteiger partial charge in [0.25, 0.3) is 11.6 Å². The fourth-order valence-electron chi connectivity index (χ4n) is 2.71. The molecule has 0 saturated carbocycles. The molecule has 3 rings (SSSR count). The maximum absolute atomic E-state index is 12.5.